The summed E-state index contributed by atoms with van der Waals surface area (Å²) in [6.07, 6.45) is 0.867. The van der Waals surface area contributed by atoms with Crippen molar-refractivity contribution in [2.75, 3.05) is 0 Å². The van der Waals surface area contributed by atoms with Crippen LogP contribution in [0.15, 0.2) is 71.1 Å². The highest BCUT2D eigenvalue weighted by Gasteiger charge is 2.17. The highest BCUT2D eigenvalue weighted by atomic mass is 19.1. The molecule has 3 rings (SSSR count). The molecule has 1 aromatic heterocycles. The van der Waals surface area contributed by atoms with E-state index in [1.807, 2.05) is 50.2 Å². The van der Waals surface area contributed by atoms with E-state index in [0.29, 0.717) is 12.3 Å². The maximum Gasteiger partial charge on any atom is 0.287 e. The standard InChI is InChI=1S/C24H27FN2O2/c1-3-18(2)26-24(28)23-14-13-22(29-23)17-27(15-19-7-5-4-6-8-19)16-20-9-11-21(25)12-10-20/h4-14,18H,3,15-17H2,1-2H3,(H,26,28)/p+1/t18-/m0/s1. The normalized spacial score (nSPS) is 13.1. The van der Waals surface area contributed by atoms with Crippen LogP contribution in [0.5, 0.6) is 0 Å². The molecule has 0 radical (unpaired) electrons. The average Bonchev–Trinajstić information content (AvgIpc) is 3.19. The molecule has 0 aliphatic rings. The van der Waals surface area contributed by atoms with Crippen molar-refractivity contribution in [1.29, 1.82) is 0 Å². The number of hydrogen-bond acceptors (Lipinski definition) is 2. The van der Waals surface area contributed by atoms with Gasteiger partial charge < -0.3 is 14.6 Å². The monoisotopic (exact) mass is 395 g/mol. The minimum atomic E-state index is -0.235. The smallest absolute Gasteiger partial charge is 0.287 e. The van der Waals surface area contributed by atoms with Crippen LogP contribution in [-0.2, 0) is 19.6 Å². The highest BCUT2D eigenvalue weighted by molar-refractivity contribution is 5.91. The largest absolute Gasteiger partial charge is 0.450 e. The summed E-state index contributed by atoms with van der Waals surface area (Å²) >= 11 is 0. The zero-order valence-electron chi connectivity index (χ0n) is 17.0. The number of quaternary nitrogens is 1. The Morgan fingerprint density at radius 1 is 0.966 bits per heavy atom. The minimum absolute atomic E-state index is 0.106. The van der Waals surface area contributed by atoms with Gasteiger partial charge in [0.05, 0.1) is 0 Å². The van der Waals surface area contributed by atoms with E-state index in [-0.39, 0.29) is 17.8 Å². The molecule has 1 unspecified atom stereocenters. The number of hydrogen-bond donors (Lipinski definition) is 2. The van der Waals surface area contributed by atoms with E-state index < -0.39 is 0 Å². The number of nitrogens with one attached hydrogen (secondary N) is 2. The van der Waals surface area contributed by atoms with E-state index in [2.05, 4.69) is 17.4 Å². The predicted molar refractivity (Wildman–Crippen MR) is 111 cm³/mol. The van der Waals surface area contributed by atoms with E-state index in [9.17, 15) is 9.18 Å². The Kier molecular flexibility index (Phi) is 7.19. The molecule has 1 amide bonds. The van der Waals surface area contributed by atoms with Crippen molar-refractivity contribution in [2.24, 2.45) is 0 Å². The van der Waals surface area contributed by atoms with Crippen LogP contribution in [0.3, 0.4) is 0 Å². The van der Waals surface area contributed by atoms with Gasteiger partial charge in [0.25, 0.3) is 5.91 Å². The van der Waals surface area contributed by atoms with Gasteiger partial charge in [-0.05, 0) is 37.6 Å². The topological polar surface area (TPSA) is 46.7 Å². The van der Waals surface area contributed by atoms with Gasteiger partial charge >= 0.3 is 0 Å². The zero-order chi connectivity index (χ0) is 20.6. The first-order chi connectivity index (χ1) is 14.0. The van der Waals surface area contributed by atoms with Crippen LogP contribution in [-0.4, -0.2) is 11.9 Å². The molecule has 0 saturated carbocycles. The summed E-state index contributed by atoms with van der Waals surface area (Å²) in [6.45, 7) is 6.15. The Morgan fingerprint density at radius 3 is 2.28 bits per heavy atom. The van der Waals surface area contributed by atoms with Crippen molar-refractivity contribution in [3.63, 3.8) is 0 Å². The minimum Gasteiger partial charge on any atom is -0.450 e. The second-order valence-corrected chi connectivity index (χ2v) is 7.44. The molecule has 0 saturated heterocycles. The van der Waals surface area contributed by atoms with Crippen LogP contribution < -0.4 is 10.2 Å². The Morgan fingerprint density at radius 2 is 1.62 bits per heavy atom. The number of halogens is 1. The van der Waals surface area contributed by atoms with Gasteiger partial charge in [-0.15, -0.1) is 0 Å². The van der Waals surface area contributed by atoms with Crippen molar-refractivity contribution in [3.05, 3.63) is 95.2 Å². The maximum absolute atomic E-state index is 13.3. The lowest BCUT2D eigenvalue weighted by molar-refractivity contribution is -0.942. The number of carbonyl (C=O) groups is 1. The van der Waals surface area contributed by atoms with Crippen LogP contribution in [0.2, 0.25) is 0 Å². The number of carbonyl (C=O) groups excluding carboxylic acids is 1. The van der Waals surface area contributed by atoms with Gasteiger partial charge in [0, 0.05) is 17.2 Å². The SMILES string of the molecule is CC[C@H](C)NC(=O)c1ccc(C[NH+](Cc2ccccc2)Cc2ccc(F)cc2)o1. The molecule has 0 bridgehead atoms. The molecule has 2 atom stereocenters. The number of amides is 1. The van der Waals surface area contributed by atoms with Crippen LogP contribution in [0.1, 0.15) is 47.7 Å². The third kappa shape index (κ3) is 6.29. The fraction of sp³-hybridized carbons (Fsp3) is 0.292. The van der Waals surface area contributed by atoms with E-state index >= 15 is 0 Å². The van der Waals surface area contributed by atoms with Crippen molar-refractivity contribution >= 4 is 5.91 Å². The summed E-state index contributed by atoms with van der Waals surface area (Å²) in [7, 11) is 0. The molecule has 5 heteroatoms. The number of benzene rings is 2. The lowest BCUT2D eigenvalue weighted by atomic mass is 10.1. The Labute approximate surface area is 171 Å². The third-order valence-electron chi connectivity index (χ3n) is 4.96. The van der Waals surface area contributed by atoms with Gasteiger partial charge in [0.1, 0.15) is 25.5 Å². The van der Waals surface area contributed by atoms with Gasteiger partial charge in [-0.2, -0.15) is 0 Å². The second kappa shape index (κ2) is 10.0. The molecule has 0 fully saturated rings. The second-order valence-electron chi connectivity index (χ2n) is 7.44. The summed E-state index contributed by atoms with van der Waals surface area (Å²) in [6, 6.07) is 20.5. The van der Waals surface area contributed by atoms with Crippen molar-refractivity contribution in [2.45, 2.75) is 45.9 Å². The number of rotatable bonds is 9. The molecule has 1 heterocycles. The van der Waals surface area contributed by atoms with E-state index in [1.165, 1.54) is 22.6 Å². The van der Waals surface area contributed by atoms with Gasteiger partial charge in [0.15, 0.2) is 11.5 Å². The first-order valence-electron chi connectivity index (χ1n) is 10.0. The van der Waals surface area contributed by atoms with Crippen molar-refractivity contribution < 1.29 is 18.5 Å². The average molecular weight is 395 g/mol. The lowest BCUT2D eigenvalue weighted by Gasteiger charge is -2.19. The molecular formula is C24H28FN2O2+. The molecule has 0 aliphatic carbocycles. The van der Waals surface area contributed by atoms with Crippen LogP contribution >= 0.6 is 0 Å². The summed E-state index contributed by atoms with van der Waals surface area (Å²) in [4.78, 5) is 13.5. The zero-order valence-corrected chi connectivity index (χ0v) is 17.0. The molecule has 29 heavy (non-hydrogen) atoms. The Bertz CT molecular complexity index is 906. The van der Waals surface area contributed by atoms with Crippen molar-refractivity contribution in [3.8, 4) is 0 Å². The molecule has 4 nitrogen and oxygen atoms in total. The first kappa shape index (κ1) is 20.8. The summed E-state index contributed by atoms with van der Waals surface area (Å²) in [5, 5.41) is 2.92. The van der Waals surface area contributed by atoms with Crippen LogP contribution in [0.4, 0.5) is 4.39 Å². The lowest BCUT2D eigenvalue weighted by Crippen LogP contribution is -3.08. The Hall–Kier alpha value is -2.92. The first-order valence-corrected chi connectivity index (χ1v) is 10.0. The van der Waals surface area contributed by atoms with E-state index in [1.54, 1.807) is 6.07 Å². The van der Waals surface area contributed by atoms with Gasteiger partial charge in [-0.3, -0.25) is 4.79 Å². The van der Waals surface area contributed by atoms with E-state index in [0.717, 1.165) is 30.8 Å². The molecule has 0 spiro atoms. The van der Waals surface area contributed by atoms with Crippen LogP contribution in [0.25, 0.3) is 0 Å². The highest BCUT2D eigenvalue weighted by Crippen LogP contribution is 2.09. The fourth-order valence-electron chi connectivity index (χ4n) is 3.20. The predicted octanol–water partition coefficient (Wildman–Crippen LogP) is 3.73. The molecule has 152 valence electrons. The summed E-state index contributed by atoms with van der Waals surface area (Å²) in [5.74, 6) is 0.670. The fourth-order valence-corrected chi connectivity index (χ4v) is 3.20. The quantitative estimate of drug-likeness (QED) is 0.580. The molecule has 2 N–H and O–H groups in total. The third-order valence-corrected chi connectivity index (χ3v) is 4.96. The van der Waals surface area contributed by atoms with Gasteiger partial charge in [-0.25, -0.2) is 4.39 Å². The molecule has 2 aromatic carbocycles. The maximum atomic E-state index is 13.3. The van der Waals surface area contributed by atoms with Gasteiger partial charge in [-0.1, -0.05) is 49.4 Å². The molecule has 0 aliphatic heterocycles. The molecule has 3 aromatic rings. The number of furan rings is 1. The van der Waals surface area contributed by atoms with E-state index in [4.69, 9.17) is 4.42 Å². The molecular weight excluding hydrogens is 367 g/mol. The van der Waals surface area contributed by atoms with Crippen LogP contribution in [0, 0.1) is 5.82 Å². The summed E-state index contributed by atoms with van der Waals surface area (Å²) < 4.78 is 19.1. The summed E-state index contributed by atoms with van der Waals surface area (Å²) in [5.41, 5.74) is 2.27. The van der Waals surface area contributed by atoms with Gasteiger partial charge in [0.2, 0.25) is 0 Å². The Balaban J connectivity index is 1.72. The van der Waals surface area contributed by atoms with Crippen molar-refractivity contribution in [1.82, 2.24) is 5.32 Å².